The first kappa shape index (κ1) is 18.3. The summed E-state index contributed by atoms with van der Waals surface area (Å²) < 4.78 is 0. The summed E-state index contributed by atoms with van der Waals surface area (Å²) in [6.45, 7) is 8.51. The molecule has 0 aliphatic carbocycles. The Labute approximate surface area is 83.9 Å². The van der Waals surface area contributed by atoms with Gasteiger partial charge in [-0.1, -0.05) is 66.2 Å². The van der Waals surface area contributed by atoms with Crippen molar-refractivity contribution in [1.29, 1.82) is 0 Å². The molecule has 0 aromatic rings. The van der Waals surface area contributed by atoms with Crippen LogP contribution in [0, 0.1) is 0 Å². The van der Waals surface area contributed by atoms with Gasteiger partial charge in [0.15, 0.2) is 0 Å². The lowest BCUT2D eigenvalue weighted by atomic mass is 10.1. The summed E-state index contributed by atoms with van der Waals surface area (Å²) >= 11 is 0. The molecule has 0 fully saturated rings. The second-order valence-corrected chi connectivity index (χ2v) is 2.55. The van der Waals surface area contributed by atoms with Crippen LogP contribution < -0.4 is 5.73 Å². The highest BCUT2D eigenvalue weighted by molar-refractivity contribution is 5.42. The van der Waals surface area contributed by atoms with E-state index in [0.717, 1.165) is 0 Å². The van der Waals surface area contributed by atoms with Gasteiger partial charge in [0.05, 0.1) is 0 Å². The second kappa shape index (κ2) is 30.0. The quantitative estimate of drug-likeness (QED) is 0.522. The highest BCUT2D eigenvalue weighted by Crippen LogP contribution is 2.03. The van der Waals surface area contributed by atoms with Crippen molar-refractivity contribution >= 4 is 6.41 Å². The van der Waals surface area contributed by atoms with Gasteiger partial charge in [0.1, 0.15) is 0 Å². The van der Waals surface area contributed by atoms with Crippen LogP contribution in [0.4, 0.5) is 0 Å². The molecule has 2 nitrogen and oxygen atoms in total. The fourth-order valence-electron chi connectivity index (χ4n) is 0.854. The Morgan fingerprint density at radius 3 is 1.31 bits per heavy atom. The average Bonchev–Trinajstić information content (AvgIpc) is 2.17. The van der Waals surface area contributed by atoms with Crippen molar-refractivity contribution in [2.24, 2.45) is 5.73 Å². The first-order valence-electron chi connectivity index (χ1n) is 5.48. The van der Waals surface area contributed by atoms with Crippen LogP contribution in [0.1, 0.15) is 66.2 Å². The van der Waals surface area contributed by atoms with E-state index < -0.39 is 0 Å². The molecule has 0 heterocycles. The van der Waals surface area contributed by atoms with Crippen LogP contribution in [-0.4, -0.2) is 6.41 Å². The molecule has 82 valence electrons. The van der Waals surface area contributed by atoms with E-state index in [1.165, 1.54) is 38.5 Å². The zero-order valence-corrected chi connectivity index (χ0v) is 9.81. The van der Waals surface area contributed by atoms with Crippen LogP contribution in [0.3, 0.4) is 0 Å². The maximum absolute atomic E-state index is 8.58. The zero-order chi connectivity index (χ0) is 10.9. The third-order valence-corrected chi connectivity index (χ3v) is 1.46. The number of amides is 1. The standard InChI is InChI=1S/C8H18.C2H6.CH3NO/c1-3-5-7-8-6-4-2;1-2;2-1-3/h3-8H2,1-2H3;1-2H3;1H,(H2,2,3). The lowest BCUT2D eigenvalue weighted by molar-refractivity contribution is -0.106. The predicted molar refractivity (Wildman–Crippen MR) is 60.6 cm³/mol. The van der Waals surface area contributed by atoms with E-state index in [1.54, 1.807) is 0 Å². The fraction of sp³-hybridized carbons (Fsp3) is 0.909. The Balaban J connectivity index is -0.000000169. The van der Waals surface area contributed by atoms with Gasteiger partial charge in [0.2, 0.25) is 6.41 Å². The van der Waals surface area contributed by atoms with Crippen LogP contribution in [0.2, 0.25) is 0 Å². The van der Waals surface area contributed by atoms with E-state index in [4.69, 9.17) is 4.79 Å². The minimum atomic E-state index is 0.250. The number of rotatable bonds is 5. The lowest BCUT2D eigenvalue weighted by Crippen LogP contribution is -1.82. The number of unbranched alkanes of at least 4 members (excludes halogenated alkanes) is 5. The third-order valence-electron chi connectivity index (χ3n) is 1.46. The third kappa shape index (κ3) is 51.5. The smallest absolute Gasteiger partial charge is 0.204 e. The molecule has 0 radical (unpaired) electrons. The Morgan fingerprint density at radius 2 is 1.15 bits per heavy atom. The number of nitrogens with two attached hydrogens (primary N) is 1. The molecule has 2 heteroatoms. The summed E-state index contributed by atoms with van der Waals surface area (Å²) in [5.41, 5.74) is 4.17. The minimum absolute atomic E-state index is 0.250. The summed E-state index contributed by atoms with van der Waals surface area (Å²) in [5.74, 6) is 0. The number of carbonyl (C=O) groups excluding carboxylic acids is 1. The van der Waals surface area contributed by atoms with Gasteiger partial charge < -0.3 is 5.73 Å². The average molecular weight is 189 g/mol. The van der Waals surface area contributed by atoms with E-state index in [1.807, 2.05) is 13.8 Å². The Kier molecular flexibility index (Phi) is 42.3. The molecule has 2 N–H and O–H groups in total. The van der Waals surface area contributed by atoms with E-state index in [0.29, 0.717) is 0 Å². The van der Waals surface area contributed by atoms with Crippen molar-refractivity contribution in [3.8, 4) is 0 Å². The SMILES string of the molecule is CC.CCCCCCCC.NC=O. The van der Waals surface area contributed by atoms with Crippen molar-refractivity contribution in [3.63, 3.8) is 0 Å². The molecule has 0 unspecified atom stereocenters. The molecule has 0 saturated carbocycles. The van der Waals surface area contributed by atoms with Crippen LogP contribution in [-0.2, 0) is 4.79 Å². The van der Waals surface area contributed by atoms with Gasteiger partial charge in [0.25, 0.3) is 0 Å². The van der Waals surface area contributed by atoms with Gasteiger partial charge in [-0.3, -0.25) is 4.79 Å². The summed E-state index contributed by atoms with van der Waals surface area (Å²) in [5, 5.41) is 0. The van der Waals surface area contributed by atoms with Gasteiger partial charge in [-0.2, -0.15) is 0 Å². The first-order chi connectivity index (χ1) is 6.33. The van der Waals surface area contributed by atoms with Crippen LogP contribution in [0.25, 0.3) is 0 Å². The lowest BCUT2D eigenvalue weighted by Gasteiger charge is -1.93. The van der Waals surface area contributed by atoms with E-state index in [9.17, 15) is 0 Å². The van der Waals surface area contributed by atoms with Crippen molar-refractivity contribution in [3.05, 3.63) is 0 Å². The van der Waals surface area contributed by atoms with Gasteiger partial charge in [-0.25, -0.2) is 0 Å². The molecule has 0 bridgehead atoms. The first-order valence-corrected chi connectivity index (χ1v) is 5.48. The van der Waals surface area contributed by atoms with Crippen molar-refractivity contribution in [2.75, 3.05) is 0 Å². The number of hydrogen-bond donors (Lipinski definition) is 1. The fourth-order valence-corrected chi connectivity index (χ4v) is 0.854. The van der Waals surface area contributed by atoms with Gasteiger partial charge >= 0.3 is 0 Å². The van der Waals surface area contributed by atoms with Crippen LogP contribution >= 0.6 is 0 Å². The van der Waals surface area contributed by atoms with Crippen LogP contribution in [0.15, 0.2) is 0 Å². The molecule has 0 atom stereocenters. The van der Waals surface area contributed by atoms with E-state index >= 15 is 0 Å². The highest BCUT2D eigenvalue weighted by Gasteiger charge is 1.83. The van der Waals surface area contributed by atoms with Crippen molar-refractivity contribution in [1.82, 2.24) is 0 Å². The molecule has 0 aromatic carbocycles. The molecule has 0 aromatic heterocycles. The van der Waals surface area contributed by atoms with Crippen LogP contribution in [0.5, 0.6) is 0 Å². The summed E-state index contributed by atoms with van der Waals surface area (Å²) in [4.78, 5) is 8.58. The molecule has 0 spiro atoms. The molecule has 0 saturated heterocycles. The molecule has 0 aliphatic heterocycles. The Bertz CT molecular complexity index is 59.1. The molecule has 13 heavy (non-hydrogen) atoms. The summed E-state index contributed by atoms with van der Waals surface area (Å²) in [6.07, 6.45) is 8.74. The normalized spacial score (nSPS) is 7.38. The van der Waals surface area contributed by atoms with Gasteiger partial charge in [-0.15, -0.1) is 0 Å². The zero-order valence-electron chi connectivity index (χ0n) is 9.81. The number of hydrogen-bond acceptors (Lipinski definition) is 1. The number of primary amides is 1. The molecular formula is C11H27NO. The Morgan fingerprint density at radius 1 is 0.923 bits per heavy atom. The largest absolute Gasteiger partial charge is 0.372 e. The van der Waals surface area contributed by atoms with Crippen molar-refractivity contribution < 1.29 is 4.79 Å². The maximum atomic E-state index is 8.58. The maximum Gasteiger partial charge on any atom is 0.204 e. The van der Waals surface area contributed by atoms with Crippen molar-refractivity contribution in [2.45, 2.75) is 66.2 Å². The highest BCUT2D eigenvalue weighted by atomic mass is 16.1. The second-order valence-electron chi connectivity index (χ2n) is 2.55. The van der Waals surface area contributed by atoms with Gasteiger partial charge in [-0.05, 0) is 0 Å². The minimum Gasteiger partial charge on any atom is -0.372 e. The molecular weight excluding hydrogens is 162 g/mol. The number of carbonyl (C=O) groups is 1. The molecule has 0 aliphatic rings. The topological polar surface area (TPSA) is 43.1 Å². The van der Waals surface area contributed by atoms with Gasteiger partial charge in [0, 0.05) is 0 Å². The molecule has 1 amide bonds. The summed E-state index contributed by atoms with van der Waals surface area (Å²) in [6, 6.07) is 0. The monoisotopic (exact) mass is 189 g/mol. The molecule has 0 rings (SSSR count). The van der Waals surface area contributed by atoms with E-state index in [2.05, 4.69) is 19.6 Å². The Hall–Kier alpha value is -0.530. The van der Waals surface area contributed by atoms with E-state index in [-0.39, 0.29) is 6.41 Å². The predicted octanol–water partition coefficient (Wildman–Crippen LogP) is 3.49. The summed E-state index contributed by atoms with van der Waals surface area (Å²) in [7, 11) is 0.